The molecule has 0 aliphatic heterocycles. The molecule has 0 spiro atoms. The van der Waals surface area contributed by atoms with E-state index in [4.69, 9.17) is 4.42 Å². The first kappa shape index (κ1) is 13.5. The first-order valence-corrected chi connectivity index (χ1v) is 6.11. The molecule has 0 saturated heterocycles. The molecule has 1 aromatic carbocycles. The number of likely N-dealkylation sites (N-methyl/N-ethyl adjacent to an activating group) is 1. The van der Waals surface area contributed by atoms with E-state index in [-0.39, 0.29) is 5.91 Å². The molecular weight excluding hydrogens is 244 g/mol. The van der Waals surface area contributed by atoms with Gasteiger partial charge in [0.1, 0.15) is 11.1 Å². The Bertz CT molecular complexity index is 611. The number of oxazole rings is 1. The normalized spacial score (nSPS) is 11.8. The van der Waals surface area contributed by atoms with Crippen molar-refractivity contribution in [3.8, 4) is 0 Å². The number of fused-ring (bicyclic) bond motifs is 1. The monoisotopic (exact) mass is 262 g/mol. The molecule has 19 heavy (non-hydrogen) atoms. The minimum atomic E-state index is -1.36. The second-order valence-corrected chi connectivity index (χ2v) is 5.26. The van der Waals surface area contributed by atoms with Gasteiger partial charge in [-0.3, -0.25) is 4.79 Å². The molecule has 0 bridgehead atoms. The van der Waals surface area contributed by atoms with Crippen LogP contribution in [0.5, 0.6) is 0 Å². The summed E-state index contributed by atoms with van der Waals surface area (Å²) >= 11 is 0. The zero-order valence-electron chi connectivity index (χ0n) is 11.6. The van der Waals surface area contributed by atoms with E-state index in [2.05, 4.69) is 4.98 Å². The molecule has 102 valence electrons. The topological polar surface area (TPSA) is 66.6 Å². The van der Waals surface area contributed by atoms with Crippen molar-refractivity contribution in [3.63, 3.8) is 0 Å². The van der Waals surface area contributed by atoms with Crippen LogP contribution in [0.1, 0.15) is 25.3 Å². The van der Waals surface area contributed by atoms with Gasteiger partial charge in [0.25, 0.3) is 5.91 Å². The van der Waals surface area contributed by atoms with Crippen LogP contribution in [0, 0.1) is 6.92 Å². The van der Waals surface area contributed by atoms with Crippen molar-refractivity contribution < 1.29 is 14.3 Å². The molecule has 2 aromatic rings. The van der Waals surface area contributed by atoms with Crippen molar-refractivity contribution in [2.45, 2.75) is 32.9 Å². The van der Waals surface area contributed by atoms with E-state index in [9.17, 15) is 9.90 Å². The molecule has 0 saturated carbocycles. The van der Waals surface area contributed by atoms with E-state index in [0.717, 1.165) is 16.7 Å². The Balaban J connectivity index is 2.19. The van der Waals surface area contributed by atoms with Crippen LogP contribution in [-0.2, 0) is 11.3 Å². The standard InChI is InChI=1S/C14H18N2O3/c1-9-15-11-7-10(5-6-12(11)19-9)8-16(4)13(17)14(2,3)18/h5-7,18H,8H2,1-4H3. The number of nitrogens with zero attached hydrogens (tertiary/aromatic N) is 2. The highest BCUT2D eigenvalue weighted by Crippen LogP contribution is 2.18. The number of aryl methyl sites for hydroxylation is 1. The molecular formula is C14H18N2O3. The third-order valence-corrected chi connectivity index (χ3v) is 2.85. The lowest BCUT2D eigenvalue weighted by atomic mass is 10.1. The predicted octanol–water partition coefficient (Wildman–Crippen LogP) is 1.87. The summed E-state index contributed by atoms with van der Waals surface area (Å²) in [7, 11) is 1.67. The van der Waals surface area contributed by atoms with E-state index in [1.807, 2.05) is 18.2 Å². The van der Waals surface area contributed by atoms with Crippen molar-refractivity contribution >= 4 is 17.0 Å². The number of aromatic nitrogens is 1. The summed E-state index contributed by atoms with van der Waals surface area (Å²) in [5.41, 5.74) is 1.10. The van der Waals surface area contributed by atoms with E-state index in [1.165, 1.54) is 18.7 Å². The Morgan fingerprint density at radius 2 is 2.16 bits per heavy atom. The average Bonchev–Trinajstić information content (AvgIpc) is 2.66. The Kier molecular flexibility index (Phi) is 3.32. The minimum Gasteiger partial charge on any atom is -0.441 e. The molecule has 2 rings (SSSR count). The number of benzene rings is 1. The first-order valence-electron chi connectivity index (χ1n) is 6.11. The summed E-state index contributed by atoms with van der Waals surface area (Å²) < 4.78 is 5.40. The molecule has 0 radical (unpaired) electrons. The van der Waals surface area contributed by atoms with Gasteiger partial charge >= 0.3 is 0 Å². The van der Waals surface area contributed by atoms with Crippen LogP contribution in [0.3, 0.4) is 0 Å². The van der Waals surface area contributed by atoms with Crippen LogP contribution in [0.2, 0.25) is 0 Å². The van der Waals surface area contributed by atoms with Crippen LogP contribution in [0.15, 0.2) is 22.6 Å². The van der Waals surface area contributed by atoms with Gasteiger partial charge in [0.05, 0.1) is 0 Å². The maximum Gasteiger partial charge on any atom is 0.253 e. The molecule has 0 fully saturated rings. The molecule has 1 heterocycles. The second-order valence-electron chi connectivity index (χ2n) is 5.26. The van der Waals surface area contributed by atoms with Crippen molar-refractivity contribution in [2.75, 3.05) is 7.05 Å². The van der Waals surface area contributed by atoms with Gasteiger partial charge in [-0.2, -0.15) is 0 Å². The third kappa shape index (κ3) is 2.93. The largest absolute Gasteiger partial charge is 0.441 e. The van der Waals surface area contributed by atoms with E-state index in [1.54, 1.807) is 14.0 Å². The number of aliphatic hydroxyl groups is 1. The fraction of sp³-hybridized carbons (Fsp3) is 0.429. The zero-order chi connectivity index (χ0) is 14.2. The summed E-state index contributed by atoms with van der Waals surface area (Å²) in [6.07, 6.45) is 0. The second kappa shape index (κ2) is 4.66. The molecule has 5 nitrogen and oxygen atoms in total. The van der Waals surface area contributed by atoms with Gasteiger partial charge in [-0.15, -0.1) is 0 Å². The molecule has 0 unspecified atom stereocenters. The van der Waals surface area contributed by atoms with Crippen LogP contribution in [0.25, 0.3) is 11.1 Å². The third-order valence-electron chi connectivity index (χ3n) is 2.85. The highest BCUT2D eigenvalue weighted by Gasteiger charge is 2.27. The number of rotatable bonds is 3. The number of hydrogen-bond donors (Lipinski definition) is 1. The zero-order valence-corrected chi connectivity index (χ0v) is 11.6. The van der Waals surface area contributed by atoms with Gasteiger partial charge in [-0.25, -0.2) is 4.98 Å². The Morgan fingerprint density at radius 1 is 1.47 bits per heavy atom. The number of hydrogen-bond acceptors (Lipinski definition) is 4. The highest BCUT2D eigenvalue weighted by molar-refractivity contribution is 5.84. The Hall–Kier alpha value is -1.88. The first-order chi connectivity index (χ1) is 8.77. The fourth-order valence-corrected chi connectivity index (χ4v) is 2.00. The van der Waals surface area contributed by atoms with Gasteiger partial charge in [-0.05, 0) is 31.5 Å². The fourth-order valence-electron chi connectivity index (χ4n) is 2.00. The summed E-state index contributed by atoms with van der Waals surface area (Å²) in [6, 6.07) is 5.62. The molecule has 0 aliphatic rings. The molecule has 1 N–H and O–H groups in total. The van der Waals surface area contributed by atoms with Gasteiger partial charge in [0.15, 0.2) is 11.5 Å². The van der Waals surface area contributed by atoms with Gasteiger partial charge in [0.2, 0.25) is 0 Å². The minimum absolute atomic E-state index is 0.316. The number of carbonyl (C=O) groups is 1. The summed E-state index contributed by atoms with van der Waals surface area (Å²) in [4.78, 5) is 17.6. The maximum absolute atomic E-state index is 11.9. The SMILES string of the molecule is Cc1nc2cc(CN(C)C(=O)C(C)(C)O)ccc2o1. The molecule has 1 amide bonds. The summed E-state index contributed by atoms with van der Waals surface area (Å²) in [5, 5.41) is 9.69. The van der Waals surface area contributed by atoms with Crippen molar-refractivity contribution in [2.24, 2.45) is 0 Å². The smallest absolute Gasteiger partial charge is 0.253 e. The molecule has 5 heteroatoms. The molecule has 1 aromatic heterocycles. The lowest BCUT2D eigenvalue weighted by Gasteiger charge is -2.24. The van der Waals surface area contributed by atoms with E-state index in [0.29, 0.717) is 12.4 Å². The van der Waals surface area contributed by atoms with Crippen molar-refractivity contribution in [1.29, 1.82) is 0 Å². The van der Waals surface area contributed by atoms with Crippen molar-refractivity contribution in [1.82, 2.24) is 9.88 Å². The summed E-state index contributed by atoms with van der Waals surface area (Å²) in [5.74, 6) is 0.303. The van der Waals surface area contributed by atoms with E-state index < -0.39 is 5.60 Å². The van der Waals surface area contributed by atoms with Gasteiger partial charge in [0, 0.05) is 20.5 Å². The predicted molar refractivity (Wildman–Crippen MR) is 71.5 cm³/mol. The van der Waals surface area contributed by atoms with Crippen LogP contribution >= 0.6 is 0 Å². The lowest BCUT2D eigenvalue weighted by molar-refractivity contribution is -0.146. The number of amides is 1. The summed E-state index contributed by atoms with van der Waals surface area (Å²) in [6.45, 7) is 5.18. The van der Waals surface area contributed by atoms with Crippen molar-refractivity contribution in [3.05, 3.63) is 29.7 Å². The maximum atomic E-state index is 11.9. The Labute approximate surface area is 111 Å². The van der Waals surface area contributed by atoms with Gasteiger partial charge < -0.3 is 14.4 Å². The average molecular weight is 262 g/mol. The van der Waals surface area contributed by atoms with Crippen LogP contribution in [-0.4, -0.2) is 33.5 Å². The quantitative estimate of drug-likeness (QED) is 0.917. The highest BCUT2D eigenvalue weighted by atomic mass is 16.3. The van der Waals surface area contributed by atoms with Crippen LogP contribution < -0.4 is 0 Å². The number of carbonyl (C=O) groups excluding carboxylic acids is 1. The Morgan fingerprint density at radius 3 is 2.79 bits per heavy atom. The van der Waals surface area contributed by atoms with E-state index >= 15 is 0 Å². The van der Waals surface area contributed by atoms with Gasteiger partial charge in [-0.1, -0.05) is 6.07 Å². The van der Waals surface area contributed by atoms with Crippen LogP contribution in [0.4, 0.5) is 0 Å². The molecule has 0 aliphatic carbocycles. The lowest BCUT2D eigenvalue weighted by Crippen LogP contribution is -2.42. The molecule has 0 atom stereocenters.